The summed E-state index contributed by atoms with van der Waals surface area (Å²) in [6, 6.07) is 22.0. The van der Waals surface area contributed by atoms with Gasteiger partial charge < -0.3 is 14.7 Å². The van der Waals surface area contributed by atoms with Gasteiger partial charge >= 0.3 is 6.09 Å². The highest BCUT2D eigenvalue weighted by molar-refractivity contribution is 5.70. The summed E-state index contributed by atoms with van der Waals surface area (Å²) in [6.45, 7) is 2.72. The number of cyclic esters (lactones) is 1. The quantitative estimate of drug-likeness (QED) is 0.566. The van der Waals surface area contributed by atoms with Gasteiger partial charge in [-0.3, -0.25) is 4.98 Å². The van der Waals surface area contributed by atoms with Crippen LogP contribution in [0, 0.1) is 0 Å². The zero-order valence-electron chi connectivity index (χ0n) is 17.8. The highest BCUT2D eigenvalue weighted by Gasteiger charge is 2.43. The van der Waals surface area contributed by atoms with E-state index in [1.54, 1.807) is 17.3 Å². The van der Waals surface area contributed by atoms with Crippen LogP contribution in [0.5, 0.6) is 0 Å². The molecule has 1 aromatic heterocycles. The fraction of sp³-hybridized carbons (Fsp3) is 0.308. The van der Waals surface area contributed by atoms with Crippen molar-refractivity contribution in [3.8, 4) is 11.1 Å². The van der Waals surface area contributed by atoms with Crippen LogP contribution in [0.4, 0.5) is 4.79 Å². The minimum atomic E-state index is -0.678. The Morgan fingerprint density at radius 3 is 2.35 bits per heavy atom. The molecule has 0 unspecified atom stereocenters. The highest BCUT2D eigenvalue weighted by atomic mass is 16.6. The topological polar surface area (TPSA) is 62.7 Å². The van der Waals surface area contributed by atoms with E-state index in [-0.39, 0.29) is 18.7 Å². The molecule has 0 bridgehead atoms. The molecule has 2 aromatic carbocycles. The molecule has 0 radical (unpaired) electrons. The average molecular weight is 417 g/mol. The summed E-state index contributed by atoms with van der Waals surface area (Å²) in [4.78, 5) is 18.9. The van der Waals surface area contributed by atoms with Crippen molar-refractivity contribution in [1.29, 1.82) is 0 Å². The van der Waals surface area contributed by atoms with Crippen molar-refractivity contribution in [2.24, 2.45) is 0 Å². The highest BCUT2D eigenvalue weighted by Crippen LogP contribution is 2.40. The predicted octanol–water partition coefficient (Wildman–Crippen LogP) is 5.32. The van der Waals surface area contributed by atoms with Crippen molar-refractivity contribution in [2.75, 3.05) is 13.2 Å². The van der Waals surface area contributed by atoms with Crippen LogP contribution in [0.15, 0.2) is 79.1 Å². The smallest absolute Gasteiger partial charge is 0.411 e. The summed E-state index contributed by atoms with van der Waals surface area (Å²) in [5, 5.41) is 9.36. The second kappa shape index (κ2) is 9.31. The van der Waals surface area contributed by atoms with Gasteiger partial charge in [-0.2, -0.15) is 0 Å². The third-order valence-corrected chi connectivity index (χ3v) is 6.19. The van der Waals surface area contributed by atoms with Gasteiger partial charge in [0.15, 0.2) is 0 Å². The first-order valence-corrected chi connectivity index (χ1v) is 10.8. The second-order valence-corrected chi connectivity index (χ2v) is 8.03. The minimum Gasteiger partial charge on any atom is -0.438 e. The van der Waals surface area contributed by atoms with E-state index < -0.39 is 5.60 Å². The Kier molecular flexibility index (Phi) is 6.33. The fourth-order valence-corrected chi connectivity index (χ4v) is 4.33. The number of carbonyl (C=O) groups is 1. The second-order valence-electron chi connectivity index (χ2n) is 8.03. The molecule has 0 aliphatic carbocycles. The van der Waals surface area contributed by atoms with Crippen molar-refractivity contribution in [3.63, 3.8) is 0 Å². The number of hydrogen-bond acceptors (Lipinski definition) is 4. The van der Waals surface area contributed by atoms with Crippen LogP contribution in [0.3, 0.4) is 0 Å². The number of pyridine rings is 1. The van der Waals surface area contributed by atoms with Crippen LogP contribution in [0.1, 0.15) is 43.4 Å². The Balaban J connectivity index is 1.51. The third kappa shape index (κ3) is 4.47. The SMILES string of the molecule is C[C@@H](c1ccc(-c2ccncc2)cc1)N1CC[C@](CCCO)(c2ccccc2)OC1=O. The average Bonchev–Trinajstić information content (AvgIpc) is 2.83. The molecule has 1 aliphatic rings. The van der Waals surface area contributed by atoms with Crippen molar-refractivity contribution >= 4 is 6.09 Å². The van der Waals surface area contributed by atoms with Gasteiger partial charge in [0.05, 0.1) is 6.04 Å². The molecule has 5 heteroatoms. The van der Waals surface area contributed by atoms with Gasteiger partial charge in [0, 0.05) is 32.0 Å². The minimum absolute atomic E-state index is 0.0794. The molecule has 1 fully saturated rings. The number of aromatic nitrogens is 1. The van der Waals surface area contributed by atoms with Crippen molar-refractivity contribution in [2.45, 2.75) is 37.8 Å². The Morgan fingerprint density at radius 2 is 1.71 bits per heavy atom. The summed E-state index contributed by atoms with van der Waals surface area (Å²) < 4.78 is 6.08. The molecular weight excluding hydrogens is 388 g/mol. The number of carbonyl (C=O) groups excluding carboxylic acids is 1. The van der Waals surface area contributed by atoms with Crippen LogP contribution >= 0.6 is 0 Å². The van der Waals surface area contributed by atoms with Crippen LogP contribution in [-0.4, -0.2) is 34.2 Å². The van der Waals surface area contributed by atoms with E-state index in [2.05, 4.69) is 29.2 Å². The summed E-state index contributed by atoms with van der Waals surface area (Å²) in [5.41, 5.74) is 3.61. The molecule has 5 nitrogen and oxygen atoms in total. The largest absolute Gasteiger partial charge is 0.438 e. The van der Waals surface area contributed by atoms with Crippen LogP contribution in [0.25, 0.3) is 11.1 Å². The molecule has 2 atom stereocenters. The summed E-state index contributed by atoms with van der Waals surface area (Å²) >= 11 is 0. The predicted molar refractivity (Wildman–Crippen MR) is 120 cm³/mol. The zero-order chi connectivity index (χ0) is 21.7. The van der Waals surface area contributed by atoms with Crippen LogP contribution < -0.4 is 0 Å². The number of amides is 1. The first-order chi connectivity index (χ1) is 15.1. The Bertz CT molecular complexity index is 992. The van der Waals surface area contributed by atoms with Gasteiger partial charge in [0.1, 0.15) is 5.60 Å². The van der Waals surface area contributed by atoms with E-state index in [0.29, 0.717) is 25.8 Å². The number of aliphatic hydroxyl groups is 1. The van der Waals surface area contributed by atoms with Gasteiger partial charge in [-0.1, -0.05) is 54.6 Å². The molecule has 160 valence electrons. The van der Waals surface area contributed by atoms with Gasteiger partial charge in [-0.25, -0.2) is 4.79 Å². The lowest BCUT2D eigenvalue weighted by Gasteiger charge is -2.43. The standard InChI is InChI=1S/C26H28N2O3/c1-20(21-8-10-22(11-9-21)23-12-16-27-17-13-23)28-18-15-26(14-5-19-29,31-25(28)30)24-6-3-2-4-7-24/h2-4,6-13,16-17,20,29H,5,14-15,18-19H2,1H3/t20-,26+/m0/s1. The summed E-state index contributed by atoms with van der Waals surface area (Å²) in [6.07, 6.45) is 5.16. The maximum absolute atomic E-state index is 13.1. The number of rotatable bonds is 7. The molecule has 1 amide bonds. The molecule has 3 aromatic rings. The lowest BCUT2D eigenvalue weighted by molar-refractivity contribution is -0.0680. The monoisotopic (exact) mass is 416 g/mol. The van der Waals surface area contributed by atoms with Gasteiger partial charge in [0.25, 0.3) is 0 Å². The molecule has 2 heterocycles. The van der Waals surface area contributed by atoms with Gasteiger partial charge in [0.2, 0.25) is 0 Å². The summed E-state index contributed by atoms with van der Waals surface area (Å²) in [5.74, 6) is 0. The van der Waals surface area contributed by atoms with Crippen LogP contribution in [0.2, 0.25) is 0 Å². The van der Waals surface area contributed by atoms with E-state index >= 15 is 0 Å². The molecule has 4 rings (SSSR count). The van der Waals surface area contributed by atoms with E-state index in [4.69, 9.17) is 4.74 Å². The lowest BCUT2D eigenvalue weighted by atomic mass is 9.84. The molecule has 31 heavy (non-hydrogen) atoms. The van der Waals surface area contributed by atoms with E-state index in [0.717, 1.165) is 22.3 Å². The number of ether oxygens (including phenoxy) is 1. The van der Waals surface area contributed by atoms with Crippen molar-refractivity contribution < 1.29 is 14.6 Å². The number of aliphatic hydroxyl groups excluding tert-OH is 1. The van der Waals surface area contributed by atoms with Crippen molar-refractivity contribution in [1.82, 2.24) is 9.88 Å². The molecule has 1 aliphatic heterocycles. The van der Waals surface area contributed by atoms with E-state index in [1.165, 1.54) is 0 Å². The first-order valence-electron chi connectivity index (χ1n) is 10.8. The Labute approximate surface area is 183 Å². The first kappa shape index (κ1) is 21.1. The fourth-order valence-electron chi connectivity index (χ4n) is 4.33. The molecular formula is C26H28N2O3. The van der Waals surface area contributed by atoms with Crippen molar-refractivity contribution in [3.05, 3.63) is 90.3 Å². The normalized spacial score (nSPS) is 19.7. The Morgan fingerprint density at radius 1 is 1.03 bits per heavy atom. The lowest BCUT2D eigenvalue weighted by Crippen LogP contribution is -2.48. The number of benzene rings is 2. The van der Waals surface area contributed by atoms with E-state index in [9.17, 15) is 9.90 Å². The third-order valence-electron chi connectivity index (χ3n) is 6.19. The van der Waals surface area contributed by atoms with Gasteiger partial charge in [-0.15, -0.1) is 0 Å². The number of nitrogens with zero attached hydrogens (tertiary/aromatic N) is 2. The Hall–Kier alpha value is -3.18. The summed E-state index contributed by atoms with van der Waals surface area (Å²) in [7, 11) is 0. The maximum atomic E-state index is 13.1. The number of hydrogen-bond donors (Lipinski definition) is 1. The zero-order valence-corrected chi connectivity index (χ0v) is 17.8. The van der Waals surface area contributed by atoms with E-state index in [1.807, 2.05) is 49.4 Å². The maximum Gasteiger partial charge on any atom is 0.411 e. The molecule has 1 N–H and O–H groups in total. The van der Waals surface area contributed by atoms with Gasteiger partial charge in [-0.05, 0) is 54.2 Å². The van der Waals surface area contributed by atoms with Crippen LogP contribution in [-0.2, 0) is 10.3 Å². The molecule has 0 spiro atoms. The molecule has 1 saturated heterocycles. The molecule has 0 saturated carbocycles.